The smallest absolute Gasteiger partial charge is 0.249 e. The summed E-state index contributed by atoms with van der Waals surface area (Å²) in [7, 11) is 0. The number of benzene rings is 2. The Bertz CT molecular complexity index is 821. The summed E-state index contributed by atoms with van der Waals surface area (Å²) >= 11 is 6.15. The van der Waals surface area contributed by atoms with Gasteiger partial charge >= 0.3 is 0 Å². The molecule has 2 aromatic carbocycles. The van der Waals surface area contributed by atoms with E-state index in [1.165, 1.54) is 12.1 Å². The molecule has 4 nitrogen and oxygen atoms in total. The van der Waals surface area contributed by atoms with E-state index in [9.17, 15) is 4.39 Å². The molecule has 0 bridgehead atoms. The van der Waals surface area contributed by atoms with Crippen molar-refractivity contribution in [1.82, 2.24) is 15.1 Å². The Kier molecular flexibility index (Phi) is 5.23. The minimum absolute atomic E-state index is 0.234. The summed E-state index contributed by atoms with van der Waals surface area (Å²) in [4.78, 5) is 2.10. The van der Waals surface area contributed by atoms with Crippen molar-refractivity contribution in [2.75, 3.05) is 6.54 Å². The molecule has 6 heteroatoms. The van der Waals surface area contributed by atoms with Crippen molar-refractivity contribution >= 4 is 11.6 Å². The first kappa shape index (κ1) is 16.6. The van der Waals surface area contributed by atoms with E-state index in [0.29, 0.717) is 35.5 Å². The minimum atomic E-state index is -0.234. The summed E-state index contributed by atoms with van der Waals surface area (Å²) in [5.41, 5.74) is 1.62. The van der Waals surface area contributed by atoms with Crippen LogP contribution in [-0.2, 0) is 13.1 Å². The summed E-state index contributed by atoms with van der Waals surface area (Å²) < 4.78 is 19.0. The zero-order chi connectivity index (χ0) is 16.9. The summed E-state index contributed by atoms with van der Waals surface area (Å²) in [6.45, 7) is 3.91. The molecule has 0 atom stereocenters. The molecule has 0 radical (unpaired) electrons. The lowest BCUT2D eigenvalue weighted by atomic mass is 10.2. The molecule has 0 aliphatic carbocycles. The third-order valence-electron chi connectivity index (χ3n) is 3.67. The molecule has 0 saturated heterocycles. The van der Waals surface area contributed by atoms with Gasteiger partial charge in [0.05, 0.1) is 17.1 Å². The van der Waals surface area contributed by atoms with Crippen LogP contribution in [0.5, 0.6) is 0 Å². The van der Waals surface area contributed by atoms with Gasteiger partial charge in [-0.25, -0.2) is 4.39 Å². The van der Waals surface area contributed by atoms with Gasteiger partial charge < -0.3 is 4.42 Å². The quantitative estimate of drug-likeness (QED) is 0.657. The highest BCUT2D eigenvalue weighted by molar-refractivity contribution is 6.33. The molecule has 1 aromatic heterocycles. The summed E-state index contributed by atoms with van der Waals surface area (Å²) in [5.74, 6) is 0.669. The monoisotopic (exact) mass is 345 g/mol. The van der Waals surface area contributed by atoms with Crippen LogP contribution in [0.2, 0.25) is 5.02 Å². The Morgan fingerprint density at radius 3 is 2.67 bits per heavy atom. The summed E-state index contributed by atoms with van der Waals surface area (Å²) in [6, 6.07) is 13.9. The molecule has 0 amide bonds. The van der Waals surface area contributed by atoms with Crippen LogP contribution < -0.4 is 0 Å². The van der Waals surface area contributed by atoms with E-state index in [0.717, 1.165) is 12.1 Å². The SMILES string of the molecule is CCN(Cc1cccc(F)c1)Cc1nnc(-c2ccccc2Cl)o1. The largest absolute Gasteiger partial charge is 0.419 e. The number of hydrogen-bond donors (Lipinski definition) is 0. The lowest BCUT2D eigenvalue weighted by Gasteiger charge is -2.18. The molecule has 0 N–H and O–H groups in total. The van der Waals surface area contributed by atoms with Crippen LogP contribution in [-0.4, -0.2) is 21.6 Å². The van der Waals surface area contributed by atoms with Crippen LogP contribution >= 0.6 is 11.6 Å². The molecule has 3 aromatic rings. The molecular weight excluding hydrogens is 329 g/mol. The second kappa shape index (κ2) is 7.55. The van der Waals surface area contributed by atoms with Gasteiger partial charge in [0.25, 0.3) is 0 Å². The van der Waals surface area contributed by atoms with Gasteiger partial charge in [-0.1, -0.05) is 42.8 Å². The van der Waals surface area contributed by atoms with Crippen molar-refractivity contribution in [2.45, 2.75) is 20.0 Å². The van der Waals surface area contributed by atoms with Crippen molar-refractivity contribution in [1.29, 1.82) is 0 Å². The number of hydrogen-bond acceptors (Lipinski definition) is 4. The van der Waals surface area contributed by atoms with Gasteiger partial charge in [-0.2, -0.15) is 0 Å². The van der Waals surface area contributed by atoms with Gasteiger partial charge in [0.2, 0.25) is 11.8 Å². The number of halogens is 2. The van der Waals surface area contributed by atoms with Crippen LogP contribution in [0.25, 0.3) is 11.5 Å². The van der Waals surface area contributed by atoms with Gasteiger partial charge in [-0.05, 0) is 36.4 Å². The Morgan fingerprint density at radius 1 is 1.08 bits per heavy atom. The van der Waals surface area contributed by atoms with Crippen LogP contribution in [0, 0.1) is 5.82 Å². The van der Waals surface area contributed by atoms with E-state index >= 15 is 0 Å². The fraction of sp³-hybridized carbons (Fsp3) is 0.222. The van der Waals surface area contributed by atoms with Crippen LogP contribution in [0.3, 0.4) is 0 Å². The fourth-order valence-corrected chi connectivity index (χ4v) is 2.64. The number of aromatic nitrogens is 2. The fourth-order valence-electron chi connectivity index (χ4n) is 2.43. The van der Waals surface area contributed by atoms with E-state index in [4.69, 9.17) is 16.0 Å². The molecule has 0 unspecified atom stereocenters. The van der Waals surface area contributed by atoms with Crippen LogP contribution in [0.15, 0.2) is 52.9 Å². The van der Waals surface area contributed by atoms with E-state index in [-0.39, 0.29) is 5.82 Å². The second-order valence-corrected chi connectivity index (χ2v) is 5.82. The Hall–Kier alpha value is -2.24. The lowest BCUT2D eigenvalue weighted by molar-refractivity contribution is 0.243. The molecule has 0 aliphatic rings. The van der Waals surface area contributed by atoms with Crippen molar-refractivity contribution in [3.05, 3.63) is 70.8 Å². The molecule has 124 valence electrons. The standard InChI is InChI=1S/C18H17ClFN3O/c1-2-23(11-13-6-5-7-14(20)10-13)12-17-21-22-18(24-17)15-8-3-4-9-16(15)19/h3-10H,2,11-12H2,1H3. The predicted molar refractivity (Wildman–Crippen MR) is 90.9 cm³/mol. The zero-order valence-corrected chi connectivity index (χ0v) is 14.0. The molecule has 0 saturated carbocycles. The van der Waals surface area contributed by atoms with Gasteiger partial charge in [0.1, 0.15) is 5.82 Å². The van der Waals surface area contributed by atoms with Crippen molar-refractivity contribution in [3.8, 4) is 11.5 Å². The third-order valence-corrected chi connectivity index (χ3v) is 4.00. The molecular formula is C18H17ClFN3O. The van der Waals surface area contributed by atoms with Crippen molar-refractivity contribution < 1.29 is 8.81 Å². The van der Waals surface area contributed by atoms with E-state index in [1.54, 1.807) is 12.1 Å². The molecule has 0 aliphatic heterocycles. The van der Waals surface area contributed by atoms with Gasteiger partial charge in [-0.3, -0.25) is 4.90 Å². The van der Waals surface area contributed by atoms with E-state index < -0.39 is 0 Å². The minimum Gasteiger partial charge on any atom is -0.419 e. The topological polar surface area (TPSA) is 42.2 Å². The molecule has 3 rings (SSSR count). The van der Waals surface area contributed by atoms with Gasteiger partial charge in [0.15, 0.2) is 0 Å². The highest BCUT2D eigenvalue weighted by atomic mass is 35.5. The Labute approximate surface area is 144 Å². The first-order valence-corrected chi connectivity index (χ1v) is 8.07. The van der Waals surface area contributed by atoms with E-state index in [1.807, 2.05) is 31.2 Å². The normalized spacial score (nSPS) is 11.2. The molecule has 0 fully saturated rings. The average Bonchev–Trinajstić information content (AvgIpc) is 3.03. The molecule has 0 spiro atoms. The first-order valence-electron chi connectivity index (χ1n) is 7.70. The second-order valence-electron chi connectivity index (χ2n) is 5.41. The van der Waals surface area contributed by atoms with E-state index in [2.05, 4.69) is 15.1 Å². The van der Waals surface area contributed by atoms with Gasteiger partial charge in [-0.15, -0.1) is 10.2 Å². The first-order chi connectivity index (χ1) is 11.7. The maximum atomic E-state index is 13.3. The summed E-state index contributed by atoms with van der Waals surface area (Å²) in [5, 5.41) is 8.73. The lowest BCUT2D eigenvalue weighted by Crippen LogP contribution is -2.22. The third kappa shape index (κ3) is 3.99. The maximum Gasteiger partial charge on any atom is 0.249 e. The molecule has 1 heterocycles. The maximum absolute atomic E-state index is 13.3. The van der Waals surface area contributed by atoms with Crippen molar-refractivity contribution in [3.63, 3.8) is 0 Å². The Balaban J connectivity index is 1.72. The van der Waals surface area contributed by atoms with Crippen LogP contribution in [0.4, 0.5) is 4.39 Å². The average molecular weight is 346 g/mol. The predicted octanol–water partition coefficient (Wildman–Crippen LogP) is 4.55. The van der Waals surface area contributed by atoms with Crippen molar-refractivity contribution in [2.24, 2.45) is 0 Å². The Morgan fingerprint density at radius 2 is 1.92 bits per heavy atom. The molecule has 24 heavy (non-hydrogen) atoms. The van der Waals surface area contributed by atoms with Gasteiger partial charge in [0, 0.05) is 6.54 Å². The summed E-state index contributed by atoms with van der Waals surface area (Å²) in [6.07, 6.45) is 0. The highest BCUT2D eigenvalue weighted by Gasteiger charge is 2.14. The number of nitrogens with zero attached hydrogens (tertiary/aromatic N) is 3. The highest BCUT2D eigenvalue weighted by Crippen LogP contribution is 2.26. The zero-order valence-electron chi connectivity index (χ0n) is 13.2. The number of rotatable bonds is 6. The van der Waals surface area contributed by atoms with Crippen LogP contribution in [0.1, 0.15) is 18.4 Å².